The van der Waals surface area contributed by atoms with Crippen molar-refractivity contribution >= 4 is 5.97 Å². The number of hydrogen-bond donors (Lipinski definition) is 0. The fourth-order valence-corrected chi connectivity index (χ4v) is 2.62. The summed E-state index contributed by atoms with van der Waals surface area (Å²) in [6, 6.07) is 9.81. The SMILES string of the molecule is CC(C)=C[C@@H]1[C@@H](C(=O)OCc2ccccc2)C1(C)C. The van der Waals surface area contributed by atoms with Gasteiger partial charge < -0.3 is 4.74 Å². The molecule has 2 nitrogen and oxygen atoms in total. The predicted molar refractivity (Wildman–Crippen MR) is 76.4 cm³/mol. The molecular weight excluding hydrogens is 236 g/mol. The van der Waals surface area contributed by atoms with E-state index in [1.54, 1.807) is 0 Å². The molecule has 1 saturated carbocycles. The quantitative estimate of drug-likeness (QED) is 0.603. The zero-order chi connectivity index (χ0) is 14.0. The molecule has 19 heavy (non-hydrogen) atoms. The first-order valence-electron chi connectivity index (χ1n) is 6.78. The molecule has 2 heteroatoms. The Morgan fingerprint density at radius 2 is 1.89 bits per heavy atom. The zero-order valence-electron chi connectivity index (χ0n) is 12.1. The molecule has 2 atom stereocenters. The fraction of sp³-hybridized carbons (Fsp3) is 0.471. The van der Waals surface area contributed by atoms with Crippen molar-refractivity contribution in [3.8, 4) is 0 Å². The van der Waals surface area contributed by atoms with Crippen LogP contribution in [0.5, 0.6) is 0 Å². The van der Waals surface area contributed by atoms with E-state index in [2.05, 4.69) is 33.8 Å². The van der Waals surface area contributed by atoms with Gasteiger partial charge in [0.15, 0.2) is 0 Å². The largest absolute Gasteiger partial charge is 0.461 e. The Labute approximate surface area is 115 Å². The van der Waals surface area contributed by atoms with Crippen LogP contribution in [0.2, 0.25) is 0 Å². The van der Waals surface area contributed by atoms with Crippen LogP contribution in [-0.2, 0) is 16.1 Å². The molecule has 0 heterocycles. The van der Waals surface area contributed by atoms with Crippen molar-refractivity contribution in [1.29, 1.82) is 0 Å². The number of rotatable bonds is 4. The summed E-state index contributed by atoms with van der Waals surface area (Å²) in [4.78, 5) is 12.1. The van der Waals surface area contributed by atoms with Gasteiger partial charge in [0.25, 0.3) is 0 Å². The summed E-state index contributed by atoms with van der Waals surface area (Å²) in [6.07, 6.45) is 2.19. The van der Waals surface area contributed by atoms with Crippen LogP contribution in [0, 0.1) is 17.3 Å². The third-order valence-electron chi connectivity index (χ3n) is 3.90. The number of ether oxygens (including phenoxy) is 1. The highest BCUT2D eigenvalue weighted by Crippen LogP contribution is 2.59. The standard InChI is InChI=1S/C17H22O2/c1-12(2)10-14-15(17(14,3)4)16(18)19-11-13-8-6-5-7-9-13/h5-10,14-15H,11H2,1-4H3/t14-,15+/m1/s1. The van der Waals surface area contributed by atoms with E-state index in [1.807, 2.05) is 30.3 Å². The first-order valence-corrected chi connectivity index (χ1v) is 6.78. The van der Waals surface area contributed by atoms with Crippen molar-refractivity contribution in [2.24, 2.45) is 17.3 Å². The van der Waals surface area contributed by atoms with E-state index in [0.29, 0.717) is 12.5 Å². The molecule has 0 radical (unpaired) electrons. The third kappa shape index (κ3) is 3.06. The van der Waals surface area contributed by atoms with Crippen molar-refractivity contribution in [1.82, 2.24) is 0 Å². The number of benzene rings is 1. The van der Waals surface area contributed by atoms with Gasteiger partial charge in [-0.15, -0.1) is 0 Å². The molecule has 0 bridgehead atoms. The van der Waals surface area contributed by atoms with Crippen LogP contribution in [0.4, 0.5) is 0 Å². The maximum absolute atomic E-state index is 12.1. The van der Waals surface area contributed by atoms with E-state index in [0.717, 1.165) is 5.56 Å². The first-order chi connectivity index (χ1) is 8.93. The summed E-state index contributed by atoms with van der Waals surface area (Å²) < 4.78 is 5.43. The summed E-state index contributed by atoms with van der Waals surface area (Å²) in [6.45, 7) is 8.77. The number of esters is 1. The summed E-state index contributed by atoms with van der Waals surface area (Å²) >= 11 is 0. The molecule has 0 spiro atoms. The molecule has 1 aromatic rings. The maximum atomic E-state index is 12.1. The lowest BCUT2D eigenvalue weighted by atomic mass is 10.1. The van der Waals surface area contributed by atoms with Gasteiger partial charge in [-0.25, -0.2) is 0 Å². The van der Waals surface area contributed by atoms with Gasteiger partial charge >= 0.3 is 5.97 Å². The van der Waals surface area contributed by atoms with Gasteiger partial charge in [-0.3, -0.25) is 4.79 Å². The van der Waals surface area contributed by atoms with Crippen LogP contribution in [0.1, 0.15) is 33.3 Å². The van der Waals surface area contributed by atoms with Crippen molar-refractivity contribution in [3.05, 3.63) is 47.5 Å². The maximum Gasteiger partial charge on any atom is 0.310 e. The second-order valence-electron chi connectivity index (χ2n) is 6.16. The van der Waals surface area contributed by atoms with E-state index in [-0.39, 0.29) is 17.3 Å². The molecule has 1 aliphatic rings. The monoisotopic (exact) mass is 258 g/mol. The van der Waals surface area contributed by atoms with Crippen molar-refractivity contribution in [2.45, 2.75) is 34.3 Å². The average molecular weight is 258 g/mol. The van der Waals surface area contributed by atoms with Gasteiger partial charge in [0.05, 0.1) is 5.92 Å². The van der Waals surface area contributed by atoms with Gasteiger partial charge in [-0.2, -0.15) is 0 Å². The topological polar surface area (TPSA) is 26.3 Å². The third-order valence-corrected chi connectivity index (χ3v) is 3.90. The summed E-state index contributed by atoms with van der Waals surface area (Å²) in [5.41, 5.74) is 2.33. The minimum absolute atomic E-state index is 0.00566. The van der Waals surface area contributed by atoms with Crippen molar-refractivity contribution in [2.75, 3.05) is 0 Å². The molecule has 0 amide bonds. The second-order valence-corrected chi connectivity index (χ2v) is 6.16. The molecule has 0 saturated heterocycles. The Morgan fingerprint density at radius 3 is 2.47 bits per heavy atom. The summed E-state index contributed by atoms with van der Waals surface area (Å²) in [7, 11) is 0. The normalized spacial score (nSPS) is 23.6. The highest BCUT2D eigenvalue weighted by Gasteiger charge is 2.61. The number of hydrogen-bond acceptors (Lipinski definition) is 2. The van der Waals surface area contributed by atoms with Crippen LogP contribution < -0.4 is 0 Å². The van der Waals surface area contributed by atoms with Crippen LogP contribution in [0.25, 0.3) is 0 Å². The number of carbonyl (C=O) groups is 1. The molecule has 0 N–H and O–H groups in total. The molecule has 1 aromatic carbocycles. The highest BCUT2D eigenvalue weighted by atomic mass is 16.5. The predicted octanol–water partition coefficient (Wildman–Crippen LogP) is 3.97. The number of carbonyl (C=O) groups excluding carboxylic acids is 1. The molecular formula is C17H22O2. The lowest BCUT2D eigenvalue weighted by Gasteiger charge is -2.05. The number of allylic oxidation sites excluding steroid dienone is 2. The van der Waals surface area contributed by atoms with Gasteiger partial charge in [-0.1, -0.05) is 55.8 Å². The van der Waals surface area contributed by atoms with Gasteiger partial charge in [-0.05, 0) is 30.7 Å². The summed E-state index contributed by atoms with van der Waals surface area (Å²) in [5, 5.41) is 0. The lowest BCUT2D eigenvalue weighted by molar-refractivity contribution is -0.147. The molecule has 2 rings (SSSR count). The second kappa shape index (κ2) is 5.20. The van der Waals surface area contributed by atoms with Crippen molar-refractivity contribution < 1.29 is 9.53 Å². The van der Waals surface area contributed by atoms with Crippen LogP contribution in [0.3, 0.4) is 0 Å². The van der Waals surface area contributed by atoms with Gasteiger partial charge in [0.1, 0.15) is 6.61 Å². The van der Waals surface area contributed by atoms with E-state index in [4.69, 9.17) is 4.74 Å². The Bertz CT molecular complexity index is 481. The minimum Gasteiger partial charge on any atom is -0.461 e. The van der Waals surface area contributed by atoms with E-state index in [9.17, 15) is 4.79 Å². The Hall–Kier alpha value is -1.57. The molecule has 102 valence electrons. The molecule has 1 fully saturated rings. The zero-order valence-corrected chi connectivity index (χ0v) is 12.1. The highest BCUT2D eigenvalue weighted by molar-refractivity contribution is 5.78. The van der Waals surface area contributed by atoms with Crippen LogP contribution in [0.15, 0.2) is 42.0 Å². The molecule has 0 aliphatic heterocycles. The molecule has 0 aromatic heterocycles. The van der Waals surface area contributed by atoms with E-state index >= 15 is 0 Å². The first kappa shape index (κ1) is 13.9. The van der Waals surface area contributed by atoms with Crippen LogP contribution >= 0.6 is 0 Å². The van der Waals surface area contributed by atoms with Gasteiger partial charge in [0.2, 0.25) is 0 Å². The van der Waals surface area contributed by atoms with Crippen LogP contribution in [-0.4, -0.2) is 5.97 Å². The lowest BCUT2D eigenvalue weighted by Crippen LogP contribution is -2.10. The van der Waals surface area contributed by atoms with E-state index < -0.39 is 0 Å². The Morgan fingerprint density at radius 1 is 1.26 bits per heavy atom. The Balaban J connectivity index is 1.93. The smallest absolute Gasteiger partial charge is 0.310 e. The molecule has 0 unspecified atom stereocenters. The fourth-order valence-electron chi connectivity index (χ4n) is 2.62. The molecule has 1 aliphatic carbocycles. The Kier molecular flexibility index (Phi) is 3.79. The minimum atomic E-state index is -0.0728. The van der Waals surface area contributed by atoms with Gasteiger partial charge in [0, 0.05) is 0 Å². The average Bonchev–Trinajstić information content (AvgIpc) is 2.88. The van der Waals surface area contributed by atoms with Crippen molar-refractivity contribution in [3.63, 3.8) is 0 Å². The van der Waals surface area contributed by atoms with E-state index in [1.165, 1.54) is 5.57 Å². The summed E-state index contributed by atoms with van der Waals surface area (Å²) in [5.74, 6) is 0.253.